The second-order valence-corrected chi connectivity index (χ2v) is 3.81. The highest BCUT2D eigenvalue weighted by atomic mass is 16.5. The number of methoxy groups -OCH3 is 1. The van der Waals surface area contributed by atoms with Crippen molar-refractivity contribution in [1.29, 1.82) is 0 Å². The lowest BCUT2D eigenvalue weighted by Gasteiger charge is -2.17. The van der Waals surface area contributed by atoms with Crippen molar-refractivity contribution >= 4 is 11.7 Å². The van der Waals surface area contributed by atoms with Gasteiger partial charge in [0.1, 0.15) is 0 Å². The smallest absolute Gasteiger partial charge is 0.335 e. The summed E-state index contributed by atoms with van der Waals surface area (Å²) in [5.41, 5.74) is 1.73. The Morgan fingerprint density at radius 3 is 2.71 bits per heavy atom. The molecule has 1 aromatic rings. The molecule has 1 aromatic carbocycles. The molecule has 1 atom stereocenters. The predicted octanol–water partition coefficient (Wildman–Crippen LogP) is 1.11. The first-order valence-corrected chi connectivity index (χ1v) is 5.28. The van der Waals surface area contributed by atoms with Crippen LogP contribution in [0.2, 0.25) is 0 Å². The maximum Gasteiger partial charge on any atom is 0.335 e. The average molecular weight is 239 g/mol. The van der Waals surface area contributed by atoms with Crippen molar-refractivity contribution in [3.8, 4) is 0 Å². The summed E-state index contributed by atoms with van der Waals surface area (Å²) in [6, 6.07) is 4.76. The molecule has 0 aliphatic carbocycles. The standard InChI is InChI=1S/C12H17NO4/c1-8-5-9(3-4-11(8)12(15)16)13-10(6-14)7-17-2/h3-5,10,13-14H,6-7H2,1-2H3,(H,15,16). The maximum atomic E-state index is 10.8. The van der Waals surface area contributed by atoms with E-state index < -0.39 is 5.97 Å². The van der Waals surface area contributed by atoms with Crippen molar-refractivity contribution in [3.63, 3.8) is 0 Å². The average Bonchev–Trinajstić information content (AvgIpc) is 2.28. The second kappa shape index (κ2) is 6.22. The topological polar surface area (TPSA) is 78.8 Å². The zero-order chi connectivity index (χ0) is 12.8. The number of aliphatic hydroxyl groups is 1. The van der Waals surface area contributed by atoms with Gasteiger partial charge in [-0.2, -0.15) is 0 Å². The van der Waals surface area contributed by atoms with E-state index in [0.717, 1.165) is 5.69 Å². The molecule has 0 aromatic heterocycles. The third-order valence-electron chi connectivity index (χ3n) is 2.42. The van der Waals surface area contributed by atoms with E-state index in [9.17, 15) is 4.79 Å². The van der Waals surface area contributed by atoms with E-state index in [1.54, 1.807) is 32.2 Å². The van der Waals surface area contributed by atoms with Gasteiger partial charge in [-0.25, -0.2) is 4.79 Å². The van der Waals surface area contributed by atoms with Crippen molar-refractivity contribution < 1.29 is 19.7 Å². The summed E-state index contributed by atoms with van der Waals surface area (Å²) in [6.07, 6.45) is 0. The highest BCUT2D eigenvalue weighted by molar-refractivity contribution is 5.89. The lowest BCUT2D eigenvalue weighted by atomic mass is 10.1. The molecular weight excluding hydrogens is 222 g/mol. The van der Waals surface area contributed by atoms with Crippen LogP contribution in [0.1, 0.15) is 15.9 Å². The van der Waals surface area contributed by atoms with E-state index >= 15 is 0 Å². The number of carboxylic acids is 1. The third kappa shape index (κ3) is 3.72. The molecule has 0 fully saturated rings. The van der Waals surface area contributed by atoms with Crippen LogP contribution in [0.5, 0.6) is 0 Å². The van der Waals surface area contributed by atoms with Gasteiger partial charge in [-0.1, -0.05) is 0 Å². The molecule has 0 spiro atoms. The van der Waals surface area contributed by atoms with Gasteiger partial charge in [0.25, 0.3) is 0 Å². The Morgan fingerprint density at radius 1 is 1.53 bits per heavy atom. The Bertz CT molecular complexity index is 392. The molecule has 94 valence electrons. The van der Waals surface area contributed by atoms with Gasteiger partial charge in [0, 0.05) is 12.8 Å². The lowest BCUT2D eigenvalue weighted by molar-refractivity contribution is 0.0696. The minimum Gasteiger partial charge on any atom is -0.478 e. The van der Waals surface area contributed by atoms with Gasteiger partial charge >= 0.3 is 5.97 Å². The number of benzene rings is 1. The predicted molar refractivity (Wildman–Crippen MR) is 64.5 cm³/mol. The van der Waals surface area contributed by atoms with Gasteiger partial charge in [0.05, 0.1) is 24.8 Å². The number of aromatic carboxylic acids is 1. The van der Waals surface area contributed by atoms with E-state index in [4.69, 9.17) is 14.9 Å². The maximum absolute atomic E-state index is 10.8. The largest absolute Gasteiger partial charge is 0.478 e. The number of anilines is 1. The zero-order valence-electron chi connectivity index (χ0n) is 9.93. The van der Waals surface area contributed by atoms with E-state index in [-0.39, 0.29) is 18.2 Å². The van der Waals surface area contributed by atoms with Gasteiger partial charge in [-0.15, -0.1) is 0 Å². The molecule has 0 saturated carbocycles. The molecule has 5 nitrogen and oxygen atoms in total. The number of aliphatic hydroxyl groups excluding tert-OH is 1. The summed E-state index contributed by atoms with van der Waals surface area (Å²) in [5.74, 6) is -0.940. The molecule has 5 heteroatoms. The lowest BCUT2D eigenvalue weighted by Crippen LogP contribution is -2.28. The second-order valence-electron chi connectivity index (χ2n) is 3.81. The number of hydrogen-bond donors (Lipinski definition) is 3. The van der Waals surface area contributed by atoms with Gasteiger partial charge in [0.15, 0.2) is 0 Å². The van der Waals surface area contributed by atoms with Gasteiger partial charge in [0.2, 0.25) is 0 Å². The highest BCUT2D eigenvalue weighted by Crippen LogP contribution is 2.16. The fourth-order valence-corrected chi connectivity index (χ4v) is 1.57. The molecule has 1 unspecified atom stereocenters. The fourth-order valence-electron chi connectivity index (χ4n) is 1.57. The minimum absolute atomic E-state index is 0.0480. The molecule has 0 bridgehead atoms. The number of nitrogens with one attached hydrogen (secondary N) is 1. The number of hydrogen-bond acceptors (Lipinski definition) is 4. The van der Waals surface area contributed by atoms with Crippen molar-refractivity contribution in [2.45, 2.75) is 13.0 Å². The van der Waals surface area contributed by atoms with Crippen LogP contribution >= 0.6 is 0 Å². The third-order valence-corrected chi connectivity index (χ3v) is 2.42. The van der Waals surface area contributed by atoms with Crippen molar-refractivity contribution in [2.75, 3.05) is 25.6 Å². The summed E-state index contributed by atoms with van der Waals surface area (Å²) in [5, 5.41) is 21.1. The first kappa shape index (κ1) is 13.5. The summed E-state index contributed by atoms with van der Waals surface area (Å²) in [7, 11) is 1.56. The van der Waals surface area contributed by atoms with Crippen LogP contribution in [0.25, 0.3) is 0 Å². The molecule has 1 rings (SSSR count). The van der Waals surface area contributed by atoms with Crippen LogP contribution < -0.4 is 5.32 Å². The van der Waals surface area contributed by atoms with E-state index in [1.165, 1.54) is 0 Å². The van der Waals surface area contributed by atoms with Crippen LogP contribution in [-0.4, -0.2) is 42.5 Å². The van der Waals surface area contributed by atoms with Crippen LogP contribution in [0, 0.1) is 6.92 Å². The van der Waals surface area contributed by atoms with Crippen molar-refractivity contribution in [1.82, 2.24) is 0 Å². The number of rotatable bonds is 6. The molecular formula is C12H17NO4. The summed E-state index contributed by atoms with van der Waals surface area (Å²) in [6.45, 7) is 2.07. The molecule has 0 amide bonds. The molecule has 0 heterocycles. The van der Waals surface area contributed by atoms with Gasteiger partial charge < -0.3 is 20.3 Å². The normalized spacial score (nSPS) is 12.2. The number of carboxylic acid groups (broad SMARTS) is 1. The Kier molecular flexibility index (Phi) is 4.93. The van der Waals surface area contributed by atoms with Gasteiger partial charge in [-0.3, -0.25) is 0 Å². The van der Waals surface area contributed by atoms with Crippen molar-refractivity contribution in [2.24, 2.45) is 0 Å². The Hall–Kier alpha value is -1.59. The number of ether oxygens (including phenoxy) is 1. The van der Waals surface area contributed by atoms with Crippen LogP contribution in [0.3, 0.4) is 0 Å². The fraction of sp³-hybridized carbons (Fsp3) is 0.417. The molecule has 17 heavy (non-hydrogen) atoms. The first-order valence-electron chi connectivity index (χ1n) is 5.28. The minimum atomic E-state index is -0.940. The Balaban J connectivity index is 2.79. The zero-order valence-corrected chi connectivity index (χ0v) is 9.93. The Morgan fingerprint density at radius 2 is 2.24 bits per heavy atom. The molecule has 0 radical (unpaired) electrons. The monoisotopic (exact) mass is 239 g/mol. The highest BCUT2D eigenvalue weighted by Gasteiger charge is 2.10. The molecule has 0 aliphatic rings. The van der Waals surface area contributed by atoms with E-state index in [0.29, 0.717) is 12.2 Å². The van der Waals surface area contributed by atoms with Crippen LogP contribution in [0.4, 0.5) is 5.69 Å². The van der Waals surface area contributed by atoms with E-state index in [1.807, 2.05) is 0 Å². The molecule has 0 aliphatic heterocycles. The summed E-state index contributed by atoms with van der Waals surface area (Å²) in [4.78, 5) is 10.8. The molecule has 0 saturated heterocycles. The summed E-state index contributed by atoms with van der Waals surface area (Å²) < 4.78 is 4.94. The molecule has 3 N–H and O–H groups in total. The number of carbonyl (C=O) groups is 1. The summed E-state index contributed by atoms with van der Waals surface area (Å²) >= 11 is 0. The Labute approximate surface area is 100 Å². The SMILES string of the molecule is COCC(CO)Nc1ccc(C(=O)O)c(C)c1. The van der Waals surface area contributed by atoms with E-state index in [2.05, 4.69) is 5.32 Å². The first-order chi connectivity index (χ1) is 8.08. The van der Waals surface area contributed by atoms with Crippen molar-refractivity contribution in [3.05, 3.63) is 29.3 Å². The van der Waals surface area contributed by atoms with Crippen LogP contribution in [0.15, 0.2) is 18.2 Å². The van der Waals surface area contributed by atoms with Gasteiger partial charge in [-0.05, 0) is 30.7 Å². The quantitative estimate of drug-likeness (QED) is 0.693. The van der Waals surface area contributed by atoms with Crippen LogP contribution in [-0.2, 0) is 4.74 Å². The number of aryl methyl sites for hydroxylation is 1.